The van der Waals surface area contributed by atoms with E-state index in [0.717, 1.165) is 25.9 Å². The lowest BCUT2D eigenvalue weighted by molar-refractivity contribution is 0.0694. The van der Waals surface area contributed by atoms with E-state index in [1.807, 2.05) is 29.2 Å². The molecule has 4 heteroatoms. The van der Waals surface area contributed by atoms with Gasteiger partial charge in [0.1, 0.15) is 0 Å². The zero-order valence-electron chi connectivity index (χ0n) is 11.2. The molecule has 0 aliphatic carbocycles. The van der Waals surface area contributed by atoms with Crippen molar-refractivity contribution in [1.82, 2.24) is 9.47 Å². The molecule has 1 aliphatic rings. The molecule has 104 valence electrons. The lowest BCUT2D eigenvalue weighted by atomic mass is 10.0. The summed E-state index contributed by atoms with van der Waals surface area (Å²) >= 11 is 5.94. The average molecular weight is 289 g/mol. The molecule has 0 saturated carbocycles. The van der Waals surface area contributed by atoms with Crippen molar-refractivity contribution >= 4 is 17.5 Å². The summed E-state index contributed by atoms with van der Waals surface area (Å²) in [6.07, 6.45) is 6.19. The van der Waals surface area contributed by atoms with E-state index in [-0.39, 0.29) is 5.91 Å². The Kier molecular flexibility index (Phi) is 3.79. The van der Waals surface area contributed by atoms with Crippen LogP contribution >= 0.6 is 11.6 Å². The van der Waals surface area contributed by atoms with Crippen molar-refractivity contribution in [2.75, 3.05) is 13.1 Å². The van der Waals surface area contributed by atoms with Crippen molar-refractivity contribution in [3.63, 3.8) is 0 Å². The molecule has 1 aromatic carbocycles. The van der Waals surface area contributed by atoms with Gasteiger partial charge in [0.25, 0.3) is 5.91 Å². The molecule has 0 bridgehead atoms. The molecule has 1 amide bonds. The van der Waals surface area contributed by atoms with Gasteiger partial charge in [-0.15, -0.1) is 0 Å². The van der Waals surface area contributed by atoms with Gasteiger partial charge in [0, 0.05) is 42.1 Å². The Morgan fingerprint density at radius 3 is 2.45 bits per heavy atom. The third kappa shape index (κ3) is 2.73. The summed E-state index contributed by atoms with van der Waals surface area (Å²) < 4.78 is 2.24. The fraction of sp³-hybridized carbons (Fsp3) is 0.312. The quantitative estimate of drug-likeness (QED) is 0.828. The molecule has 0 spiro atoms. The standard InChI is InChI=1S/C16H17ClN2O/c17-14-5-3-4-13(12-14)16(20)19-10-6-15(7-11-19)18-8-1-2-9-18/h1-5,8-9,12,15H,6-7,10-11H2. The van der Waals surface area contributed by atoms with Gasteiger partial charge in [-0.2, -0.15) is 0 Å². The number of halogens is 1. The minimum Gasteiger partial charge on any atom is -0.351 e. The number of aromatic nitrogens is 1. The number of likely N-dealkylation sites (tertiary alicyclic amines) is 1. The highest BCUT2D eigenvalue weighted by Crippen LogP contribution is 2.24. The maximum absolute atomic E-state index is 12.4. The van der Waals surface area contributed by atoms with Crippen molar-refractivity contribution in [2.45, 2.75) is 18.9 Å². The van der Waals surface area contributed by atoms with Crippen LogP contribution in [0.4, 0.5) is 0 Å². The Hall–Kier alpha value is -1.74. The number of hydrogen-bond acceptors (Lipinski definition) is 1. The summed E-state index contributed by atoms with van der Waals surface area (Å²) in [6.45, 7) is 1.60. The highest BCUT2D eigenvalue weighted by molar-refractivity contribution is 6.30. The van der Waals surface area contributed by atoms with Crippen LogP contribution in [0.15, 0.2) is 48.8 Å². The van der Waals surface area contributed by atoms with E-state index in [1.165, 1.54) is 0 Å². The number of nitrogens with zero attached hydrogens (tertiary/aromatic N) is 2. The van der Waals surface area contributed by atoms with Crippen LogP contribution in [0.2, 0.25) is 5.02 Å². The third-order valence-corrected chi connectivity index (χ3v) is 4.11. The first-order chi connectivity index (χ1) is 9.74. The number of benzene rings is 1. The molecule has 3 nitrogen and oxygen atoms in total. The predicted octanol–water partition coefficient (Wildman–Crippen LogP) is 3.62. The maximum Gasteiger partial charge on any atom is 0.253 e. The first-order valence-electron chi connectivity index (χ1n) is 6.91. The molecule has 1 fully saturated rings. The molecule has 3 rings (SSSR count). The second-order valence-electron chi connectivity index (χ2n) is 5.16. The van der Waals surface area contributed by atoms with Crippen molar-refractivity contribution in [3.05, 3.63) is 59.4 Å². The van der Waals surface area contributed by atoms with Gasteiger partial charge in [-0.05, 0) is 43.2 Å². The lowest BCUT2D eigenvalue weighted by Crippen LogP contribution is -2.38. The largest absolute Gasteiger partial charge is 0.351 e. The van der Waals surface area contributed by atoms with Crippen LogP contribution in [0.3, 0.4) is 0 Å². The minimum absolute atomic E-state index is 0.0819. The predicted molar refractivity (Wildman–Crippen MR) is 80.1 cm³/mol. The minimum atomic E-state index is 0.0819. The average Bonchev–Trinajstić information content (AvgIpc) is 3.01. The Labute approximate surface area is 123 Å². The molecular formula is C16H17ClN2O. The molecule has 1 aliphatic heterocycles. The monoisotopic (exact) mass is 288 g/mol. The second kappa shape index (κ2) is 5.71. The van der Waals surface area contributed by atoms with Crippen LogP contribution in [0.5, 0.6) is 0 Å². The number of piperidine rings is 1. The van der Waals surface area contributed by atoms with Gasteiger partial charge < -0.3 is 9.47 Å². The highest BCUT2D eigenvalue weighted by Gasteiger charge is 2.24. The van der Waals surface area contributed by atoms with E-state index in [0.29, 0.717) is 16.6 Å². The maximum atomic E-state index is 12.4. The summed E-state index contributed by atoms with van der Waals surface area (Å²) in [7, 11) is 0. The van der Waals surface area contributed by atoms with Crippen LogP contribution in [-0.2, 0) is 0 Å². The van der Waals surface area contributed by atoms with Crippen LogP contribution < -0.4 is 0 Å². The van der Waals surface area contributed by atoms with E-state index in [1.54, 1.807) is 12.1 Å². The number of amides is 1. The van der Waals surface area contributed by atoms with Gasteiger partial charge in [-0.25, -0.2) is 0 Å². The summed E-state index contributed by atoms with van der Waals surface area (Å²) in [5.41, 5.74) is 0.678. The topological polar surface area (TPSA) is 25.2 Å². The van der Waals surface area contributed by atoms with Crippen molar-refractivity contribution in [1.29, 1.82) is 0 Å². The molecular weight excluding hydrogens is 272 g/mol. The van der Waals surface area contributed by atoms with Crippen LogP contribution in [0.25, 0.3) is 0 Å². The van der Waals surface area contributed by atoms with Crippen molar-refractivity contribution in [3.8, 4) is 0 Å². The number of hydrogen-bond donors (Lipinski definition) is 0. The zero-order chi connectivity index (χ0) is 13.9. The van der Waals surface area contributed by atoms with E-state index in [2.05, 4.69) is 17.0 Å². The van der Waals surface area contributed by atoms with Crippen LogP contribution in [-0.4, -0.2) is 28.5 Å². The molecule has 2 aromatic rings. The summed E-state index contributed by atoms with van der Waals surface area (Å²) in [6, 6.07) is 11.8. The lowest BCUT2D eigenvalue weighted by Gasteiger charge is -2.32. The van der Waals surface area contributed by atoms with E-state index in [9.17, 15) is 4.79 Å². The molecule has 0 N–H and O–H groups in total. The summed E-state index contributed by atoms with van der Waals surface area (Å²) in [4.78, 5) is 14.3. The van der Waals surface area contributed by atoms with Crippen molar-refractivity contribution in [2.24, 2.45) is 0 Å². The van der Waals surface area contributed by atoms with Gasteiger partial charge in [-0.3, -0.25) is 4.79 Å². The van der Waals surface area contributed by atoms with Gasteiger partial charge in [0.05, 0.1) is 0 Å². The molecule has 0 radical (unpaired) electrons. The Morgan fingerprint density at radius 2 is 1.80 bits per heavy atom. The Bertz CT molecular complexity index is 586. The van der Waals surface area contributed by atoms with Gasteiger partial charge in [0.15, 0.2) is 0 Å². The molecule has 2 heterocycles. The SMILES string of the molecule is O=C(c1cccc(Cl)c1)N1CCC(n2cccc2)CC1. The molecule has 0 unspecified atom stereocenters. The first kappa shape index (κ1) is 13.3. The fourth-order valence-electron chi connectivity index (χ4n) is 2.76. The first-order valence-corrected chi connectivity index (χ1v) is 7.29. The van der Waals surface area contributed by atoms with Gasteiger partial charge in [0.2, 0.25) is 0 Å². The number of carbonyl (C=O) groups is 1. The molecule has 20 heavy (non-hydrogen) atoms. The summed E-state index contributed by atoms with van der Waals surface area (Å²) in [5.74, 6) is 0.0819. The van der Waals surface area contributed by atoms with Crippen LogP contribution in [0.1, 0.15) is 29.2 Å². The fourth-order valence-corrected chi connectivity index (χ4v) is 2.95. The van der Waals surface area contributed by atoms with Crippen LogP contribution in [0, 0.1) is 0 Å². The summed E-state index contributed by atoms with van der Waals surface area (Å²) in [5, 5.41) is 0.609. The Balaban J connectivity index is 1.65. The number of rotatable bonds is 2. The molecule has 1 saturated heterocycles. The van der Waals surface area contributed by atoms with E-state index < -0.39 is 0 Å². The van der Waals surface area contributed by atoms with Gasteiger partial charge >= 0.3 is 0 Å². The smallest absolute Gasteiger partial charge is 0.253 e. The van der Waals surface area contributed by atoms with Crippen molar-refractivity contribution < 1.29 is 4.79 Å². The second-order valence-corrected chi connectivity index (χ2v) is 5.60. The molecule has 1 aromatic heterocycles. The van der Waals surface area contributed by atoms with E-state index in [4.69, 9.17) is 11.6 Å². The van der Waals surface area contributed by atoms with Gasteiger partial charge in [-0.1, -0.05) is 17.7 Å². The zero-order valence-corrected chi connectivity index (χ0v) is 12.0. The Morgan fingerprint density at radius 1 is 1.10 bits per heavy atom. The third-order valence-electron chi connectivity index (χ3n) is 3.87. The number of carbonyl (C=O) groups excluding carboxylic acids is 1. The highest BCUT2D eigenvalue weighted by atomic mass is 35.5. The normalized spacial score (nSPS) is 16.4. The molecule has 0 atom stereocenters. The van der Waals surface area contributed by atoms with E-state index >= 15 is 0 Å².